The number of benzene rings is 1. The molecule has 0 aliphatic carbocycles. The van der Waals surface area contributed by atoms with Gasteiger partial charge in [-0.25, -0.2) is 0 Å². The van der Waals surface area contributed by atoms with E-state index in [9.17, 15) is 0 Å². The molecule has 0 fully saturated rings. The van der Waals surface area contributed by atoms with Crippen LogP contribution in [0.25, 0.3) is 10.1 Å². The molecule has 0 aliphatic heterocycles. The van der Waals surface area contributed by atoms with Gasteiger partial charge in [0, 0.05) is 23.4 Å². The van der Waals surface area contributed by atoms with Crippen LogP contribution in [0.15, 0.2) is 29.6 Å². The van der Waals surface area contributed by atoms with Gasteiger partial charge in [-0.1, -0.05) is 0 Å². The Morgan fingerprint density at radius 1 is 1.36 bits per heavy atom. The maximum absolute atomic E-state index is 5.18. The van der Waals surface area contributed by atoms with Gasteiger partial charge in [-0.2, -0.15) is 0 Å². The van der Waals surface area contributed by atoms with E-state index in [1.54, 1.807) is 11.3 Å². The van der Waals surface area contributed by atoms with Gasteiger partial charge in [0.2, 0.25) is 0 Å². The molecule has 2 rings (SSSR count). The maximum atomic E-state index is 5.18. The summed E-state index contributed by atoms with van der Waals surface area (Å²) in [6, 6.07) is 8.52. The lowest BCUT2D eigenvalue weighted by atomic mass is 10.2. The van der Waals surface area contributed by atoms with Crippen LogP contribution in [0.1, 0.15) is 6.42 Å². The van der Waals surface area contributed by atoms with Gasteiger partial charge in [-0.05, 0) is 35.0 Å². The van der Waals surface area contributed by atoms with Crippen molar-refractivity contribution in [2.45, 2.75) is 6.42 Å². The number of rotatable bonds is 3. The number of terminal acetylenes is 1. The van der Waals surface area contributed by atoms with Crippen LogP contribution in [0.4, 0.5) is 5.69 Å². The molecule has 1 nitrogen and oxygen atoms in total. The van der Waals surface area contributed by atoms with E-state index in [2.05, 4.69) is 40.9 Å². The van der Waals surface area contributed by atoms with Crippen LogP contribution in [-0.4, -0.2) is 6.54 Å². The minimum absolute atomic E-state index is 0.766. The van der Waals surface area contributed by atoms with Crippen molar-refractivity contribution in [3.05, 3.63) is 29.6 Å². The smallest absolute Gasteiger partial charge is 0.0347 e. The summed E-state index contributed by atoms with van der Waals surface area (Å²) in [4.78, 5) is 0. The normalized spacial score (nSPS) is 9.93. The van der Waals surface area contributed by atoms with E-state index in [0.717, 1.165) is 18.7 Å². The molecule has 0 aliphatic rings. The SMILES string of the molecule is C#CCCNc1ccc2sccc2c1. The van der Waals surface area contributed by atoms with Gasteiger partial charge in [-0.3, -0.25) is 0 Å². The Morgan fingerprint density at radius 3 is 3.14 bits per heavy atom. The molecule has 70 valence electrons. The van der Waals surface area contributed by atoms with Crippen LogP contribution in [0.3, 0.4) is 0 Å². The molecule has 0 radical (unpaired) electrons. The predicted molar refractivity (Wildman–Crippen MR) is 63.8 cm³/mol. The lowest BCUT2D eigenvalue weighted by Crippen LogP contribution is -1.99. The average molecular weight is 201 g/mol. The number of fused-ring (bicyclic) bond motifs is 1. The Morgan fingerprint density at radius 2 is 2.29 bits per heavy atom. The topological polar surface area (TPSA) is 12.0 Å². The van der Waals surface area contributed by atoms with E-state index in [0.29, 0.717) is 0 Å². The fraction of sp³-hybridized carbons (Fsp3) is 0.167. The number of hydrogen-bond donors (Lipinski definition) is 1. The highest BCUT2D eigenvalue weighted by atomic mass is 32.1. The van der Waals surface area contributed by atoms with Crippen molar-refractivity contribution in [2.75, 3.05) is 11.9 Å². The Balaban J connectivity index is 2.14. The molecule has 2 heteroatoms. The molecule has 0 amide bonds. The van der Waals surface area contributed by atoms with Crippen LogP contribution in [0.5, 0.6) is 0 Å². The first-order valence-electron chi connectivity index (χ1n) is 4.55. The van der Waals surface area contributed by atoms with Crippen LogP contribution in [0, 0.1) is 12.3 Å². The Labute approximate surface area is 87.8 Å². The predicted octanol–water partition coefficient (Wildman–Crippen LogP) is 3.34. The van der Waals surface area contributed by atoms with E-state index in [-0.39, 0.29) is 0 Å². The van der Waals surface area contributed by atoms with Crippen LogP contribution in [-0.2, 0) is 0 Å². The number of anilines is 1. The lowest BCUT2D eigenvalue weighted by Gasteiger charge is -2.03. The summed E-state index contributed by atoms with van der Waals surface area (Å²) in [5, 5.41) is 6.69. The fourth-order valence-electron chi connectivity index (χ4n) is 1.36. The highest BCUT2D eigenvalue weighted by molar-refractivity contribution is 7.17. The third kappa shape index (κ3) is 1.89. The van der Waals surface area contributed by atoms with Crippen molar-refractivity contribution >= 4 is 27.1 Å². The second-order valence-electron chi connectivity index (χ2n) is 3.05. The molecular weight excluding hydrogens is 190 g/mol. The minimum Gasteiger partial charge on any atom is -0.384 e. The summed E-state index contributed by atoms with van der Waals surface area (Å²) in [5.74, 6) is 2.61. The summed E-state index contributed by atoms with van der Waals surface area (Å²) in [6.45, 7) is 0.839. The van der Waals surface area contributed by atoms with Crippen molar-refractivity contribution in [3.8, 4) is 12.3 Å². The fourth-order valence-corrected chi connectivity index (χ4v) is 2.13. The number of hydrogen-bond acceptors (Lipinski definition) is 2. The van der Waals surface area contributed by atoms with Crippen LogP contribution >= 0.6 is 11.3 Å². The van der Waals surface area contributed by atoms with E-state index in [1.165, 1.54) is 10.1 Å². The van der Waals surface area contributed by atoms with Gasteiger partial charge in [-0.15, -0.1) is 23.7 Å². The molecule has 0 bridgehead atoms. The molecule has 1 N–H and O–H groups in total. The molecule has 1 aromatic carbocycles. The largest absolute Gasteiger partial charge is 0.384 e. The second kappa shape index (κ2) is 4.17. The minimum atomic E-state index is 0.766. The second-order valence-corrected chi connectivity index (χ2v) is 4.00. The van der Waals surface area contributed by atoms with E-state index >= 15 is 0 Å². The Hall–Kier alpha value is -1.46. The molecule has 0 spiro atoms. The van der Waals surface area contributed by atoms with Crippen molar-refractivity contribution < 1.29 is 0 Å². The molecule has 14 heavy (non-hydrogen) atoms. The zero-order valence-corrected chi connectivity index (χ0v) is 8.60. The molecule has 0 unspecified atom stereocenters. The highest BCUT2D eigenvalue weighted by Crippen LogP contribution is 2.23. The summed E-state index contributed by atoms with van der Waals surface area (Å²) in [5.41, 5.74) is 1.14. The van der Waals surface area contributed by atoms with E-state index in [4.69, 9.17) is 6.42 Å². The maximum Gasteiger partial charge on any atom is 0.0347 e. The summed E-state index contributed by atoms with van der Waals surface area (Å²) in [7, 11) is 0. The first kappa shape index (κ1) is 9.11. The molecule has 2 aromatic rings. The molecule has 0 saturated heterocycles. The third-order valence-electron chi connectivity index (χ3n) is 2.05. The van der Waals surface area contributed by atoms with Gasteiger partial charge in [0.1, 0.15) is 0 Å². The Kier molecular flexibility index (Phi) is 2.71. The molecule has 1 heterocycles. The molecule has 0 atom stereocenters. The number of thiophene rings is 1. The van der Waals surface area contributed by atoms with Crippen LogP contribution < -0.4 is 5.32 Å². The standard InChI is InChI=1S/C12H11NS/c1-2-3-7-13-11-4-5-12-10(9-11)6-8-14-12/h1,4-6,8-9,13H,3,7H2. The summed E-state index contributed by atoms with van der Waals surface area (Å²) >= 11 is 1.76. The highest BCUT2D eigenvalue weighted by Gasteiger charge is 1.95. The first-order valence-corrected chi connectivity index (χ1v) is 5.43. The zero-order valence-electron chi connectivity index (χ0n) is 7.79. The molecular formula is C12H11NS. The molecule has 0 saturated carbocycles. The van der Waals surface area contributed by atoms with Gasteiger partial charge in [0.05, 0.1) is 0 Å². The third-order valence-corrected chi connectivity index (χ3v) is 2.95. The van der Waals surface area contributed by atoms with Crippen molar-refractivity contribution in [2.24, 2.45) is 0 Å². The van der Waals surface area contributed by atoms with E-state index in [1.807, 2.05) is 0 Å². The van der Waals surface area contributed by atoms with E-state index < -0.39 is 0 Å². The van der Waals surface area contributed by atoms with Crippen molar-refractivity contribution in [3.63, 3.8) is 0 Å². The summed E-state index contributed by atoms with van der Waals surface area (Å²) < 4.78 is 1.33. The number of nitrogens with one attached hydrogen (secondary N) is 1. The van der Waals surface area contributed by atoms with Crippen molar-refractivity contribution in [1.82, 2.24) is 0 Å². The van der Waals surface area contributed by atoms with Gasteiger partial charge >= 0.3 is 0 Å². The lowest BCUT2D eigenvalue weighted by molar-refractivity contribution is 1.10. The average Bonchev–Trinajstić information content (AvgIpc) is 2.65. The first-order chi connectivity index (χ1) is 6.90. The Bertz CT molecular complexity index is 464. The van der Waals surface area contributed by atoms with Crippen LogP contribution in [0.2, 0.25) is 0 Å². The quantitative estimate of drug-likeness (QED) is 0.593. The van der Waals surface area contributed by atoms with Gasteiger partial charge in [0.15, 0.2) is 0 Å². The van der Waals surface area contributed by atoms with Gasteiger partial charge in [0.25, 0.3) is 0 Å². The zero-order chi connectivity index (χ0) is 9.80. The molecule has 1 aromatic heterocycles. The summed E-state index contributed by atoms with van der Waals surface area (Å²) in [6.07, 6.45) is 5.94. The van der Waals surface area contributed by atoms with Gasteiger partial charge < -0.3 is 5.32 Å². The monoisotopic (exact) mass is 201 g/mol. The van der Waals surface area contributed by atoms with Crippen molar-refractivity contribution in [1.29, 1.82) is 0 Å².